The number of amides is 5. The van der Waals surface area contributed by atoms with Crippen molar-refractivity contribution in [2.75, 3.05) is 100 Å². The molecule has 2 unspecified atom stereocenters. The third-order valence-electron chi connectivity index (χ3n) is 20.8. The molecule has 3 saturated heterocycles. The number of nitrogens with one attached hydrogen (secondary N) is 6. The summed E-state index contributed by atoms with van der Waals surface area (Å²) in [7, 11) is 0. The molecule has 13 aromatic rings. The first kappa shape index (κ1) is 88.7. The first-order valence-corrected chi connectivity index (χ1v) is 42.0. The van der Waals surface area contributed by atoms with E-state index in [4.69, 9.17) is 51.1 Å². The zero-order valence-electron chi connectivity index (χ0n) is 69.4. The van der Waals surface area contributed by atoms with Gasteiger partial charge in [-0.2, -0.15) is 0 Å². The number of aromatic amines is 1. The van der Waals surface area contributed by atoms with E-state index in [1.54, 1.807) is 117 Å². The first-order valence-electron chi connectivity index (χ1n) is 40.5. The Bertz CT molecular complexity index is 5890. The van der Waals surface area contributed by atoms with Crippen molar-refractivity contribution in [3.8, 4) is 45.0 Å². The van der Waals surface area contributed by atoms with Gasteiger partial charge in [-0.05, 0) is 224 Å². The number of rotatable bonds is 19. The number of morpholine rings is 1. The van der Waals surface area contributed by atoms with Gasteiger partial charge in [-0.3, -0.25) is 43.9 Å². The number of aryl methyl sites for hydroxylation is 4. The molecule has 3 fully saturated rings. The number of aliphatic hydroxyl groups excluding tert-OH is 1. The molecule has 634 valence electrons. The van der Waals surface area contributed by atoms with E-state index in [-0.39, 0.29) is 47.8 Å². The molecule has 26 nitrogen and oxygen atoms in total. The molecule has 16 rings (SSSR count). The van der Waals surface area contributed by atoms with Crippen LogP contribution in [0.1, 0.15) is 104 Å². The maximum Gasteiger partial charge on any atom is 0.257 e. The fourth-order valence-corrected chi connectivity index (χ4v) is 15.2. The minimum absolute atomic E-state index is 0.0919. The molecule has 4 aromatic carbocycles. The van der Waals surface area contributed by atoms with Crippen LogP contribution < -0.4 is 41.3 Å². The average molecular weight is 1740 g/mol. The number of halogens is 4. The highest BCUT2D eigenvalue weighted by Crippen LogP contribution is 2.35. The molecule has 124 heavy (non-hydrogen) atoms. The van der Waals surface area contributed by atoms with E-state index in [1.165, 1.54) is 0 Å². The maximum absolute atomic E-state index is 12.9. The third kappa shape index (κ3) is 23.6. The van der Waals surface area contributed by atoms with Crippen LogP contribution in [-0.2, 0) is 16.0 Å². The number of nitrogens with zero attached hydrogens (tertiary/aromatic N) is 13. The van der Waals surface area contributed by atoms with Crippen LogP contribution in [0.3, 0.4) is 0 Å². The lowest BCUT2D eigenvalue weighted by molar-refractivity contribution is -0.129. The number of benzene rings is 4. The number of H-pyrrole nitrogens is 1. The second-order valence-electron chi connectivity index (χ2n) is 29.8. The lowest BCUT2D eigenvalue weighted by Crippen LogP contribution is -2.48. The predicted molar refractivity (Wildman–Crippen MR) is 491 cm³/mol. The summed E-state index contributed by atoms with van der Waals surface area (Å²) >= 11 is 25.3. The standard InChI is InChI=1S/C24H24ClN5O2.C24H25ClN4O2.C23H21ClN6O.C23H23ClN4O2/c1-16-19(7-9-23(27-16)30-13-11-29(12-14-30)17(2)31)24(32)28-18-6-8-21(25)20(15-18)22-5-3-4-10-26-22;1-15-13-29(14-16(2)31-15)23-10-8-19(17(3)27-23)24(30)28-18-7-9-21(25)20(12-18)22-6-4-5-11-26-22;1-15-18(6-8-22(29-15)27-11-9-17-13-25-14-28-17)23(31)30-16-5-7-20(24)19(12-16)21-4-2-3-10-26-21;1-15-18(6-8-22(26-15)28-12-9-17(29)10-13-28)23(30)27-16-5-7-20(24)19(14-16)21-4-2-3-11-25-21/h3-10,15H,11-14H2,1-2H3,(H,28,32);4-12,15-16H,13-14H2,1-3H3,(H,28,30);2-8,10,12-14H,9,11H2,1H3,(H,25,28)(H,27,29)(H,30,31);2-8,11,14,17,29H,9-10,12-13H2,1H3,(H,27,30). The number of carbonyl (C=O) groups is 5. The molecule has 7 N–H and O–H groups in total. The van der Waals surface area contributed by atoms with Crippen molar-refractivity contribution in [1.82, 2.24) is 54.7 Å². The van der Waals surface area contributed by atoms with Gasteiger partial charge in [0.1, 0.15) is 23.3 Å². The largest absolute Gasteiger partial charge is 0.393 e. The maximum atomic E-state index is 12.9. The normalized spacial score (nSPS) is 14.4. The van der Waals surface area contributed by atoms with Gasteiger partial charge in [0.25, 0.3) is 23.6 Å². The summed E-state index contributed by atoms with van der Waals surface area (Å²) in [4.78, 5) is 114. The lowest BCUT2D eigenvalue weighted by atomic mass is 10.1. The molecule has 9 aromatic heterocycles. The minimum atomic E-state index is -0.239. The van der Waals surface area contributed by atoms with E-state index in [0.717, 1.165) is 133 Å². The smallest absolute Gasteiger partial charge is 0.257 e. The Hall–Kier alpha value is -13.1. The number of piperazine rings is 1. The molecule has 0 bridgehead atoms. The monoisotopic (exact) mass is 1740 g/mol. The molecular weight excluding hydrogens is 1650 g/mol. The summed E-state index contributed by atoms with van der Waals surface area (Å²) in [5.41, 5.74) is 14.3. The Morgan fingerprint density at radius 3 is 1.10 bits per heavy atom. The molecule has 30 heteroatoms. The van der Waals surface area contributed by atoms with Crippen LogP contribution >= 0.6 is 46.4 Å². The molecule has 2 atom stereocenters. The summed E-state index contributed by atoms with van der Waals surface area (Å²) in [5, 5.41) is 27.0. The van der Waals surface area contributed by atoms with Gasteiger partial charge in [0.05, 0.1) is 113 Å². The number of aromatic nitrogens is 10. The van der Waals surface area contributed by atoms with Crippen LogP contribution in [0.4, 0.5) is 46.0 Å². The Labute approximate surface area is 739 Å². The minimum Gasteiger partial charge on any atom is -0.393 e. The van der Waals surface area contributed by atoms with Crippen LogP contribution in [0.5, 0.6) is 0 Å². The predicted octanol–water partition coefficient (Wildman–Crippen LogP) is 18.1. The molecule has 0 radical (unpaired) electrons. The number of imidazole rings is 1. The second-order valence-corrected chi connectivity index (χ2v) is 31.4. The number of ether oxygens (including phenoxy) is 1. The second kappa shape index (κ2) is 42.1. The number of carbonyl (C=O) groups excluding carboxylic acids is 5. The highest BCUT2D eigenvalue weighted by Gasteiger charge is 2.27. The number of pyridine rings is 8. The number of anilines is 8. The molecular formula is C94H93Cl4N19O7. The Morgan fingerprint density at radius 2 is 0.782 bits per heavy atom. The summed E-state index contributed by atoms with van der Waals surface area (Å²) in [6.45, 7) is 19.6. The summed E-state index contributed by atoms with van der Waals surface area (Å²) in [6, 6.07) is 58.4. The van der Waals surface area contributed by atoms with Crippen molar-refractivity contribution in [2.24, 2.45) is 0 Å². The highest BCUT2D eigenvalue weighted by molar-refractivity contribution is 6.35. The van der Waals surface area contributed by atoms with Gasteiger partial charge < -0.3 is 61.0 Å². The van der Waals surface area contributed by atoms with Crippen molar-refractivity contribution < 1.29 is 33.8 Å². The number of aliphatic hydroxyl groups is 1. The Kier molecular flexibility index (Phi) is 30.1. The summed E-state index contributed by atoms with van der Waals surface area (Å²) in [6.07, 6.45) is 12.6. The van der Waals surface area contributed by atoms with E-state index in [9.17, 15) is 29.1 Å². The molecule has 0 saturated carbocycles. The van der Waals surface area contributed by atoms with Gasteiger partial charge in [0.2, 0.25) is 5.91 Å². The Balaban J connectivity index is 0.000000142. The van der Waals surface area contributed by atoms with Gasteiger partial charge in [-0.25, -0.2) is 24.9 Å². The van der Waals surface area contributed by atoms with Crippen LogP contribution in [0.15, 0.2) is 231 Å². The Morgan fingerprint density at radius 1 is 0.435 bits per heavy atom. The molecule has 12 heterocycles. The topological polar surface area (TPSA) is 320 Å². The number of hydrogen-bond donors (Lipinski definition) is 7. The lowest BCUT2D eigenvalue weighted by Gasteiger charge is -2.36. The van der Waals surface area contributed by atoms with E-state index >= 15 is 0 Å². The van der Waals surface area contributed by atoms with Gasteiger partial charge in [0.15, 0.2) is 0 Å². The number of hydrogen-bond acceptors (Lipinski definition) is 20. The molecule has 5 amide bonds. The fraction of sp³-hybridized carbons (Fsp3) is 0.234. The van der Waals surface area contributed by atoms with Crippen molar-refractivity contribution in [2.45, 2.75) is 86.0 Å². The van der Waals surface area contributed by atoms with Crippen molar-refractivity contribution in [3.63, 3.8) is 0 Å². The van der Waals surface area contributed by atoms with Crippen LogP contribution in [-0.4, -0.2) is 167 Å². The van der Waals surface area contributed by atoms with Gasteiger partial charge in [-0.15, -0.1) is 0 Å². The molecule has 3 aliphatic rings. The molecule has 0 aliphatic carbocycles. The van der Waals surface area contributed by atoms with Crippen molar-refractivity contribution in [3.05, 3.63) is 302 Å². The quantitative estimate of drug-likeness (QED) is 0.0395. The highest BCUT2D eigenvalue weighted by atomic mass is 35.5. The zero-order valence-corrected chi connectivity index (χ0v) is 72.4. The third-order valence-corrected chi connectivity index (χ3v) is 22.1. The molecule has 0 spiro atoms. The summed E-state index contributed by atoms with van der Waals surface area (Å²) < 4.78 is 5.80. The fourth-order valence-electron chi connectivity index (χ4n) is 14.3. The molecule has 3 aliphatic heterocycles. The van der Waals surface area contributed by atoms with E-state index < -0.39 is 0 Å². The van der Waals surface area contributed by atoms with E-state index in [2.05, 4.69) is 105 Å². The van der Waals surface area contributed by atoms with Gasteiger partial charge >= 0.3 is 0 Å². The average Bonchev–Trinajstić information content (AvgIpc) is 0.960. The van der Waals surface area contributed by atoms with E-state index in [0.29, 0.717) is 108 Å². The van der Waals surface area contributed by atoms with Gasteiger partial charge in [0, 0.05) is 154 Å². The van der Waals surface area contributed by atoms with Crippen molar-refractivity contribution in [1.29, 1.82) is 0 Å². The van der Waals surface area contributed by atoms with Crippen LogP contribution in [0.2, 0.25) is 20.1 Å². The van der Waals surface area contributed by atoms with E-state index in [1.807, 2.05) is 154 Å². The van der Waals surface area contributed by atoms with Crippen LogP contribution in [0, 0.1) is 27.7 Å². The summed E-state index contributed by atoms with van der Waals surface area (Å²) in [5.74, 6) is 2.41. The first-order chi connectivity index (χ1) is 59.9. The zero-order chi connectivity index (χ0) is 87.3. The van der Waals surface area contributed by atoms with Crippen molar-refractivity contribution >= 4 is 122 Å². The SMILES string of the molecule is CC(=O)N1CCN(c2ccc(C(=O)Nc3ccc(Cl)c(-c4ccccn4)c3)c(C)n2)CC1.Cc1nc(N2CC(C)OC(C)C2)ccc1C(=O)Nc1ccc(Cl)c(-c2ccccn2)c1.Cc1nc(N2CCC(O)CC2)ccc1C(=O)Nc1ccc(Cl)c(-c2ccccn2)c1.Cc1nc(NCCc2cnc[nH]2)ccc1C(=O)Nc1ccc(Cl)c(-c2ccccn2)c1. The van der Waals surface area contributed by atoms with Crippen LogP contribution in [0.25, 0.3) is 45.0 Å². The van der Waals surface area contributed by atoms with Gasteiger partial charge in [-0.1, -0.05) is 70.7 Å². The number of piperidine rings is 1.